The molecule has 1 aliphatic carbocycles. The second kappa shape index (κ2) is 6.72. The normalized spacial score (nSPS) is 15.1. The lowest BCUT2D eigenvalue weighted by molar-refractivity contribution is 0.746. The number of nitrogens with one attached hydrogen (secondary N) is 2. The van der Waals surface area contributed by atoms with E-state index in [0.29, 0.717) is 18.5 Å². The molecule has 2 aromatic rings. The summed E-state index contributed by atoms with van der Waals surface area (Å²) in [5.74, 6) is 1.29. The maximum absolute atomic E-state index is 6.13. The van der Waals surface area contributed by atoms with Gasteiger partial charge in [0.25, 0.3) is 0 Å². The molecule has 1 aliphatic rings. The van der Waals surface area contributed by atoms with Gasteiger partial charge in [-0.3, -0.25) is 0 Å². The maximum atomic E-state index is 6.13. The lowest BCUT2D eigenvalue weighted by Gasteiger charge is -2.12. The predicted molar refractivity (Wildman–Crippen MR) is 84.5 cm³/mol. The molecule has 0 amide bonds. The van der Waals surface area contributed by atoms with Gasteiger partial charge in [-0.2, -0.15) is 10.1 Å². The van der Waals surface area contributed by atoms with Crippen molar-refractivity contribution in [1.29, 1.82) is 0 Å². The largest absolute Gasteiger partial charge is 0.366 e. The number of hydrogen-bond acceptors (Lipinski definition) is 5. The summed E-state index contributed by atoms with van der Waals surface area (Å²) >= 11 is 6.13. The van der Waals surface area contributed by atoms with Crippen molar-refractivity contribution in [3.8, 4) is 0 Å². The van der Waals surface area contributed by atoms with Gasteiger partial charge in [0.05, 0.1) is 6.20 Å². The van der Waals surface area contributed by atoms with E-state index < -0.39 is 0 Å². The molecule has 0 atom stereocenters. The Labute approximate surface area is 129 Å². The topological polar surface area (TPSA) is 62.7 Å². The molecule has 3 rings (SSSR count). The van der Waals surface area contributed by atoms with Crippen LogP contribution in [0.3, 0.4) is 0 Å². The van der Waals surface area contributed by atoms with Gasteiger partial charge >= 0.3 is 0 Å². The zero-order valence-electron chi connectivity index (χ0n) is 11.7. The Kier molecular flexibility index (Phi) is 4.50. The molecule has 1 heterocycles. The fraction of sp³-hybridized carbons (Fsp3) is 0.400. The molecule has 6 heteroatoms. The van der Waals surface area contributed by atoms with E-state index in [2.05, 4.69) is 25.8 Å². The second-order valence-electron chi connectivity index (χ2n) is 5.24. The summed E-state index contributed by atoms with van der Waals surface area (Å²) in [6.07, 6.45) is 6.64. The maximum Gasteiger partial charge on any atom is 0.244 e. The fourth-order valence-electron chi connectivity index (χ4n) is 2.54. The average Bonchev–Trinajstić information content (AvgIpc) is 3.00. The van der Waals surface area contributed by atoms with Gasteiger partial charge in [0.1, 0.15) is 0 Å². The van der Waals surface area contributed by atoms with E-state index in [4.69, 9.17) is 11.6 Å². The van der Waals surface area contributed by atoms with Gasteiger partial charge < -0.3 is 10.6 Å². The van der Waals surface area contributed by atoms with Crippen molar-refractivity contribution in [2.75, 3.05) is 10.6 Å². The van der Waals surface area contributed by atoms with Crippen LogP contribution in [0.1, 0.15) is 31.2 Å². The first-order valence-electron chi connectivity index (χ1n) is 7.25. The van der Waals surface area contributed by atoms with Crippen molar-refractivity contribution in [3.05, 3.63) is 41.0 Å². The number of hydrogen-bond donors (Lipinski definition) is 2. The van der Waals surface area contributed by atoms with Gasteiger partial charge in [-0.1, -0.05) is 42.6 Å². The van der Waals surface area contributed by atoms with Crippen LogP contribution in [-0.2, 0) is 6.54 Å². The van der Waals surface area contributed by atoms with Gasteiger partial charge in [-0.15, -0.1) is 5.10 Å². The lowest BCUT2D eigenvalue weighted by atomic mass is 10.2. The highest BCUT2D eigenvalue weighted by atomic mass is 35.5. The van der Waals surface area contributed by atoms with Gasteiger partial charge in [-0.05, 0) is 24.5 Å². The van der Waals surface area contributed by atoms with Crippen LogP contribution in [0.4, 0.5) is 11.8 Å². The first kappa shape index (κ1) is 14.1. The summed E-state index contributed by atoms with van der Waals surface area (Å²) in [6, 6.07) is 8.23. The smallest absolute Gasteiger partial charge is 0.244 e. The Morgan fingerprint density at radius 1 is 1.19 bits per heavy atom. The molecule has 0 unspecified atom stereocenters. The predicted octanol–water partition coefficient (Wildman–Crippen LogP) is 3.49. The average molecular weight is 304 g/mol. The third-order valence-corrected chi connectivity index (χ3v) is 4.03. The fourth-order valence-corrected chi connectivity index (χ4v) is 2.75. The van der Waals surface area contributed by atoms with Crippen molar-refractivity contribution < 1.29 is 0 Å². The number of aromatic nitrogens is 3. The molecule has 5 nitrogen and oxygen atoms in total. The summed E-state index contributed by atoms with van der Waals surface area (Å²) in [7, 11) is 0. The van der Waals surface area contributed by atoms with E-state index in [9.17, 15) is 0 Å². The zero-order valence-corrected chi connectivity index (χ0v) is 12.5. The highest BCUT2D eigenvalue weighted by Gasteiger charge is 2.15. The summed E-state index contributed by atoms with van der Waals surface area (Å²) in [5, 5.41) is 15.3. The quantitative estimate of drug-likeness (QED) is 0.885. The Bertz CT molecular complexity index is 598. The van der Waals surface area contributed by atoms with Crippen molar-refractivity contribution in [1.82, 2.24) is 15.2 Å². The Hall–Kier alpha value is -1.88. The molecule has 2 N–H and O–H groups in total. The van der Waals surface area contributed by atoms with Crippen LogP contribution in [-0.4, -0.2) is 21.2 Å². The van der Waals surface area contributed by atoms with Crippen LogP contribution in [0.2, 0.25) is 5.02 Å². The minimum Gasteiger partial charge on any atom is -0.366 e. The van der Waals surface area contributed by atoms with E-state index in [0.717, 1.165) is 16.4 Å². The van der Waals surface area contributed by atoms with Crippen molar-refractivity contribution in [2.24, 2.45) is 0 Å². The van der Waals surface area contributed by atoms with E-state index in [-0.39, 0.29) is 0 Å². The van der Waals surface area contributed by atoms with Crippen LogP contribution in [0.5, 0.6) is 0 Å². The van der Waals surface area contributed by atoms with E-state index in [1.165, 1.54) is 25.7 Å². The monoisotopic (exact) mass is 303 g/mol. The number of rotatable bonds is 5. The number of benzene rings is 1. The molecule has 0 aliphatic heterocycles. The number of halogens is 1. The Morgan fingerprint density at radius 3 is 2.81 bits per heavy atom. The molecule has 1 aromatic carbocycles. The van der Waals surface area contributed by atoms with Crippen molar-refractivity contribution >= 4 is 23.4 Å². The minimum absolute atomic E-state index is 0.512. The van der Waals surface area contributed by atoms with E-state index in [1.807, 2.05) is 24.3 Å². The highest BCUT2D eigenvalue weighted by Crippen LogP contribution is 2.21. The number of anilines is 2. The molecule has 110 valence electrons. The van der Waals surface area contributed by atoms with Crippen LogP contribution < -0.4 is 10.6 Å². The molecule has 0 spiro atoms. The SMILES string of the molecule is Clc1ccccc1CNc1nncc(NC2CCCC2)n1. The third kappa shape index (κ3) is 3.82. The first-order valence-corrected chi connectivity index (χ1v) is 7.62. The molecular formula is C15H18ClN5. The lowest BCUT2D eigenvalue weighted by Crippen LogP contribution is -2.16. The Morgan fingerprint density at radius 2 is 2.00 bits per heavy atom. The van der Waals surface area contributed by atoms with Crippen molar-refractivity contribution in [3.63, 3.8) is 0 Å². The standard InChI is InChI=1S/C15H18ClN5/c16-13-8-4-1-5-11(13)9-17-15-20-14(10-18-21-15)19-12-6-2-3-7-12/h1,4-5,8,10,12H,2-3,6-7,9H2,(H2,17,19,20,21). The highest BCUT2D eigenvalue weighted by molar-refractivity contribution is 6.31. The van der Waals surface area contributed by atoms with Gasteiger partial charge in [0.2, 0.25) is 5.95 Å². The zero-order chi connectivity index (χ0) is 14.5. The van der Waals surface area contributed by atoms with Crippen LogP contribution in [0, 0.1) is 0 Å². The molecule has 0 bridgehead atoms. The molecule has 1 aromatic heterocycles. The molecule has 1 saturated carbocycles. The first-order chi connectivity index (χ1) is 10.3. The Balaban J connectivity index is 1.61. The van der Waals surface area contributed by atoms with Gasteiger partial charge in [0, 0.05) is 17.6 Å². The summed E-state index contributed by atoms with van der Waals surface area (Å²) in [5.41, 5.74) is 1.01. The molecule has 0 radical (unpaired) electrons. The second-order valence-corrected chi connectivity index (χ2v) is 5.64. The van der Waals surface area contributed by atoms with Crippen LogP contribution >= 0.6 is 11.6 Å². The third-order valence-electron chi connectivity index (χ3n) is 3.66. The van der Waals surface area contributed by atoms with Gasteiger partial charge in [-0.25, -0.2) is 0 Å². The molecule has 21 heavy (non-hydrogen) atoms. The molecule has 0 saturated heterocycles. The molecule has 1 fully saturated rings. The molecular weight excluding hydrogens is 286 g/mol. The summed E-state index contributed by atoms with van der Waals surface area (Å²) in [4.78, 5) is 4.44. The van der Waals surface area contributed by atoms with E-state index >= 15 is 0 Å². The minimum atomic E-state index is 0.512. The van der Waals surface area contributed by atoms with Crippen LogP contribution in [0.15, 0.2) is 30.5 Å². The van der Waals surface area contributed by atoms with Crippen molar-refractivity contribution in [2.45, 2.75) is 38.3 Å². The summed E-state index contributed by atoms with van der Waals surface area (Å²) < 4.78 is 0. The van der Waals surface area contributed by atoms with E-state index in [1.54, 1.807) is 6.20 Å². The summed E-state index contributed by atoms with van der Waals surface area (Å²) in [6.45, 7) is 0.578. The number of nitrogens with zero attached hydrogens (tertiary/aromatic N) is 3. The van der Waals surface area contributed by atoms with Crippen LogP contribution in [0.25, 0.3) is 0 Å². The van der Waals surface area contributed by atoms with Gasteiger partial charge in [0.15, 0.2) is 5.82 Å².